The van der Waals surface area contributed by atoms with E-state index < -0.39 is 40.1 Å². The Morgan fingerprint density at radius 3 is 2.15 bits per heavy atom. The normalized spacial score (nSPS) is 23.2. The third-order valence-electron chi connectivity index (χ3n) is 8.78. The molecule has 4 heterocycles. The Bertz CT molecular complexity index is 1260. The van der Waals surface area contributed by atoms with E-state index in [1.165, 1.54) is 10.6 Å². The first-order chi connectivity index (χ1) is 18.9. The molecule has 2 spiro atoms. The molecule has 4 fully saturated rings. The molecule has 41 heavy (non-hydrogen) atoms. The zero-order chi connectivity index (χ0) is 30.0. The molecule has 4 aliphatic heterocycles. The number of hydrogen-bond donors (Lipinski definition) is 0. The lowest BCUT2D eigenvalue weighted by molar-refractivity contribution is -0.309. The second kappa shape index (κ2) is 10.3. The lowest BCUT2D eigenvalue weighted by Gasteiger charge is -2.53. The monoisotopic (exact) mass is 632 g/mol. The molecule has 0 saturated carbocycles. The minimum atomic E-state index is -5.76. The second-order valence-corrected chi connectivity index (χ2v) is 14.2. The molecule has 16 heteroatoms. The summed E-state index contributed by atoms with van der Waals surface area (Å²) in [5.74, 6) is 0. The molecule has 230 valence electrons. The lowest BCUT2D eigenvalue weighted by atomic mass is 9.73. The zero-order valence-corrected chi connectivity index (χ0v) is 23.8. The van der Waals surface area contributed by atoms with Gasteiger partial charge in [0.15, 0.2) is 0 Å². The number of sulfonamides is 1. The maximum absolute atomic E-state index is 12.8. The molecule has 1 aromatic carbocycles. The largest absolute Gasteiger partial charge is 0.434 e. The lowest BCUT2D eigenvalue weighted by Crippen LogP contribution is -2.69. The minimum Gasteiger partial charge on any atom is -0.426 e. The Morgan fingerprint density at radius 1 is 0.976 bits per heavy atom. The fourth-order valence-corrected chi connectivity index (χ4v) is 7.78. The number of alkyl halides is 6. The van der Waals surface area contributed by atoms with Gasteiger partial charge in [0, 0.05) is 61.9 Å². The Labute approximate surface area is 239 Å². The van der Waals surface area contributed by atoms with E-state index in [9.17, 15) is 39.6 Å². The van der Waals surface area contributed by atoms with Gasteiger partial charge in [-0.3, -0.25) is 4.90 Å². The number of nitrogens with zero attached hydrogens (tertiary/aromatic N) is 4. The van der Waals surface area contributed by atoms with Gasteiger partial charge in [0.05, 0.1) is 11.8 Å². The highest BCUT2D eigenvalue weighted by molar-refractivity contribution is 7.88. The third kappa shape index (κ3) is 6.23. The van der Waals surface area contributed by atoms with Crippen molar-refractivity contribution >= 4 is 33.4 Å². The number of likely N-dealkylation sites (tertiary alicyclic amines) is 2. The van der Waals surface area contributed by atoms with Gasteiger partial charge in [0.1, 0.15) is 0 Å². The molecular weight excluding hydrogens is 602 g/mol. The zero-order valence-electron chi connectivity index (χ0n) is 22.3. The fourth-order valence-electron chi connectivity index (χ4n) is 6.51. The highest BCUT2D eigenvalue weighted by Crippen LogP contribution is 2.44. The first-order valence-corrected chi connectivity index (χ1v) is 15.5. The molecule has 0 radical (unpaired) electrons. The molecule has 0 unspecified atom stereocenters. The van der Waals surface area contributed by atoms with Crippen molar-refractivity contribution in [2.45, 2.75) is 56.2 Å². The van der Waals surface area contributed by atoms with Crippen LogP contribution in [0.25, 0.3) is 0 Å². The van der Waals surface area contributed by atoms with Crippen molar-refractivity contribution in [1.29, 1.82) is 0 Å². The SMILES string of the molecule is CS(=O)(=O)N1CC2(CCN(c3cc(Cl)cc(CN4CCCC45CN(C(=O)OC(C(F)(F)F)C(F)(F)F)C5)c3)CC2)C1. The van der Waals surface area contributed by atoms with Gasteiger partial charge in [0.2, 0.25) is 10.0 Å². The summed E-state index contributed by atoms with van der Waals surface area (Å²) in [6, 6.07) is 5.70. The predicted octanol–water partition coefficient (Wildman–Crippen LogP) is 4.48. The van der Waals surface area contributed by atoms with Crippen molar-refractivity contribution < 1.29 is 44.3 Å². The van der Waals surface area contributed by atoms with Gasteiger partial charge in [0.25, 0.3) is 6.10 Å². The molecule has 1 amide bonds. The van der Waals surface area contributed by atoms with Crippen LogP contribution in [0.15, 0.2) is 18.2 Å². The van der Waals surface area contributed by atoms with Crippen molar-refractivity contribution in [2.24, 2.45) is 5.41 Å². The molecule has 5 rings (SSSR count). The summed E-state index contributed by atoms with van der Waals surface area (Å²) in [6.45, 7) is 3.62. The van der Waals surface area contributed by atoms with Gasteiger partial charge in [-0.1, -0.05) is 11.6 Å². The summed E-state index contributed by atoms with van der Waals surface area (Å²) in [5.41, 5.74) is 1.27. The van der Waals surface area contributed by atoms with Crippen LogP contribution in [0.5, 0.6) is 0 Å². The maximum atomic E-state index is 12.8. The number of ether oxygens (including phenoxy) is 1. The smallest absolute Gasteiger partial charge is 0.426 e. The fraction of sp³-hybridized carbons (Fsp3) is 0.720. The molecular formula is C25H31ClF6N4O4S. The van der Waals surface area contributed by atoms with Gasteiger partial charge in [-0.05, 0) is 56.0 Å². The highest BCUT2D eigenvalue weighted by atomic mass is 35.5. The van der Waals surface area contributed by atoms with Crippen molar-refractivity contribution in [3.63, 3.8) is 0 Å². The van der Waals surface area contributed by atoms with Crippen LogP contribution in [0.2, 0.25) is 5.02 Å². The first-order valence-electron chi connectivity index (χ1n) is 13.2. The summed E-state index contributed by atoms with van der Waals surface area (Å²) in [5, 5.41) is 0.530. The van der Waals surface area contributed by atoms with E-state index in [0.29, 0.717) is 37.6 Å². The molecule has 0 N–H and O–H groups in total. The van der Waals surface area contributed by atoms with E-state index >= 15 is 0 Å². The standard InChI is InChI=1S/C25H31ClF6N4O4S/c1-41(38,39)36-13-22(14-36)4-7-33(8-5-22)19-10-17(9-18(26)11-19)12-35-6-2-3-23(35)15-34(16-23)21(37)40-20(24(27,28)29)25(30,31)32/h9-11,20H,2-8,12-16H2,1H3. The summed E-state index contributed by atoms with van der Waals surface area (Å²) in [4.78, 5) is 17.3. The molecule has 0 atom stereocenters. The highest BCUT2D eigenvalue weighted by Gasteiger charge is 2.61. The number of halogens is 7. The molecule has 4 aliphatic rings. The Balaban J connectivity index is 1.19. The summed E-state index contributed by atoms with van der Waals surface area (Å²) in [6.07, 6.45) is -13.0. The molecule has 0 bridgehead atoms. The molecule has 0 aliphatic carbocycles. The van der Waals surface area contributed by atoms with Crippen molar-refractivity contribution in [1.82, 2.24) is 14.1 Å². The van der Waals surface area contributed by atoms with Crippen LogP contribution in [0.4, 0.5) is 36.8 Å². The van der Waals surface area contributed by atoms with Gasteiger partial charge in [-0.25, -0.2) is 17.5 Å². The maximum Gasteiger partial charge on any atom is 0.434 e. The molecule has 0 aromatic heterocycles. The van der Waals surface area contributed by atoms with Crippen LogP contribution in [0, 0.1) is 5.41 Å². The topological polar surface area (TPSA) is 73.4 Å². The van der Waals surface area contributed by atoms with Crippen LogP contribution in [-0.2, 0) is 21.3 Å². The van der Waals surface area contributed by atoms with Crippen LogP contribution >= 0.6 is 11.6 Å². The van der Waals surface area contributed by atoms with E-state index in [2.05, 4.69) is 14.5 Å². The van der Waals surface area contributed by atoms with Crippen molar-refractivity contribution in [3.05, 3.63) is 28.8 Å². The Hall–Kier alpha value is -1.97. The van der Waals surface area contributed by atoms with Crippen LogP contribution in [0.1, 0.15) is 31.2 Å². The molecule has 1 aromatic rings. The van der Waals surface area contributed by atoms with Crippen molar-refractivity contribution in [3.8, 4) is 0 Å². The van der Waals surface area contributed by atoms with E-state index in [-0.39, 0.29) is 18.5 Å². The summed E-state index contributed by atoms with van der Waals surface area (Å²) < 4.78 is 106. The van der Waals surface area contributed by atoms with Crippen LogP contribution in [-0.4, -0.2) is 105 Å². The second-order valence-electron chi connectivity index (χ2n) is 11.8. The average molecular weight is 633 g/mol. The number of amides is 1. The minimum absolute atomic E-state index is 0.000377. The van der Waals surface area contributed by atoms with E-state index in [1.54, 1.807) is 0 Å². The van der Waals surface area contributed by atoms with Gasteiger partial charge < -0.3 is 14.5 Å². The summed E-state index contributed by atoms with van der Waals surface area (Å²) >= 11 is 6.45. The van der Waals surface area contributed by atoms with Crippen molar-refractivity contribution in [2.75, 3.05) is 57.0 Å². The van der Waals surface area contributed by atoms with E-state index in [0.717, 1.165) is 48.5 Å². The third-order valence-corrected chi connectivity index (χ3v) is 10.2. The van der Waals surface area contributed by atoms with Crippen LogP contribution in [0.3, 0.4) is 0 Å². The van der Waals surface area contributed by atoms with Crippen LogP contribution < -0.4 is 4.90 Å². The van der Waals surface area contributed by atoms with Gasteiger partial charge in [-0.2, -0.15) is 26.3 Å². The number of rotatable bonds is 5. The number of carbonyl (C=O) groups is 1. The first kappa shape index (κ1) is 30.5. The Kier molecular flexibility index (Phi) is 7.69. The van der Waals surface area contributed by atoms with Gasteiger partial charge >= 0.3 is 18.4 Å². The number of anilines is 1. The number of piperidine rings is 1. The summed E-state index contributed by atoms with van der Waals surface area (Å²) in [7, 11) is -3.18. The van der Waals surface area contributed by atoms with E-state index in [4.69, 9.17) is 11.6 Å². The Morgan fingerprint density at radius 2 is 1.59 bits per heavy atom. The quantitative estimate of drug-likeness (QED) is 0.446. The molecule has 4 saturated heterocycles. The number of hydrogen-bond acceptors (Lipinski definition) is 6. The van der Waals surface area contributed by atoms with E-state index in [1.807, 2.05) is 18.2 Å². The number of carbonyl (C=O) groups excluding carboxylic acids is 1. The average Bonchev–Trinajstić information content (AvgIpc) is 3.21. The van der Waals surface area contributed by atoms with Gasteiger partial charge in [-0.15, -0.1) is 0 Å². The molecule has 8 nitrogen and oxygen atoms in total. The predicted molar refractivity (Wildman–Crippen MR) is 138 cm³/mol. The number of benzene rings is 1.